The van der Waals surface area contributed by atoms with Crippen LogP contribution >= 0.6 is 0 Å². The highest BCUT2D eigenvalue weighted by Gasteiger charge is 2.18. The molecule has 0 aliphatic rings. The lowest BCUT2D eigenvalue weighted by Gasteiger charge is -2.13. The number of aryl methyl sites for hydroxylation is 1. The maximum absolute atomic E-state index is 12.0. The summed E-state index contributed by atoms with van der Waals surface area (Å²) in [7, 11) is 5.19. The number of esters is 1. The van der Waals surface area contributed by atoms with E-state index in [1.165, 1.54) is 12.3 Å². The minimum atomic E-state index is -0.505. The summed E-state index contributed by atoms with van der Waals surface area (Å²) in [5, 5.41) is 15.1. The molecule has 23 heavy (non-hydrogen) atoms. The van der Waals surface area contributed by atoms with Gasteiger partial charge in [-0.2, -0.15) is 5.10 Å². The second-order valence-electron chi connectivity index (χ2n) is 5.32. The molecule has 1 heterocycles. The van der Waals surface area contributed by atoms with E-state index >= 15 is 0 Å². The van der Waals surface area contributed by atoms with Gasteiger partial charge in [0.25, 0.3) is 5.69 Å². The van der Waals surface area contributed by atoms with E-state index in [0.29, 0.717) is 22.5 Å². The van der Waals surface area contributed by atoms with E-state index < -0.39 is 10.9 Å². The number of ether oxygens (including phenoxy) is 1. The minimum absolute atomic E-state index is 0.0268. The van der Waals surface area contributed by atoms with Gasteiger partial charge in [0.15, 0.2) is 0 Å². The van der Waals surface area contributed by atoms with Crippen LogP contribution in [0.15, 0.2) is 24.4 Å². The number of nitrogens with zero attached hydrogens (tertiary/aromatic N) is 4. The molecule has 0 amide bonds. The van der Waals surface area contributed by atoms with Gasteiger partial charge in [-0.05, 0) is 18.6 Å². The molecule has 122 valence electrons. The Morgan fingerprint density at radius 2 is 2.13 bits per heavy atom. The first-order valence-electron chi connectivity index (χ1n) is 6.91. The van der Waals surface area contributed by atoms with Gasteiger partial charge in [-0.25, -0.2) is 4.79 Å². The zero-order chi connectivity index (χ0) is 17.1. The van der Waals surface area contributed by atoms with Gasteiger partial charge >= 0.3 is 5.97 Å². The van der Waals surface area contributed by atoms with E-state index in [9.17, 15) is 14.9 Å². The maximum Gasteiger partial charge on any atom is 0.341 e. The standard InChI is InChI=1S/C15H18N4O4/c1-10-12(8-16-18(10)4)15(20)23-9-11-5-6-13(17(2)3)14(7-11)19(21)22/h5-8H,9H2,1-4H3. The number of carbonyl (C=O) groups excluding carboxylic acids is 1. The predicted octanol–water partition coefficient (Wildman–Crippen LogP) is 2.06. The number of hydrogen-bond donors (Lipinski definition) is 0. The Morgan fingerprint density at radius 3 is 2.65 bits per heavy atom. The Labute approximate surface area is 133 Å². The fourth-order valence-corrected chi connectivity index (χ4v) is 2.11. The van der Waals surface area contributed by atoms with Crippen LogP contribution in [0, 0.1) is 17.0 Å². The smallest absolute Gasteiger partial charge is 0.341 e. The normalized spacial score (nSPS) is 10.4. The van der Waals surface area contributed by atoms with Gasteiger partial charge in [-0.3, -0.25) is 14.8 Å². The van der Waals surface area contributed by atoms with E-state index in [1.54, 1.807) is 49.8 Å². The topological polar surface area (TPSA) is 90.5 Å². The van der Waals surface area contributed by atoms with Gasteiger partial charge in [0.2, 0.25) is 0 Å². The summed E-state index contributed by atoms with van der Waals surface area (Å²) in [6.07, 6.45) is 1.44. The summed E-state index contributed by atoms with van der Waals surface area (Å²) in [5.74, 6) is -0.505. The number of nitro groups is 1. The summed E-state index contributed by atoms with van der Waals surface area (Å²) in [6, 6.07) is 4.75. The Kier molecular flexibility index (Phi) is 4.63. The average Bonchev–Trinajstić information content (AvgIpc) is 2.84. The Hall–Kier alpha value is -2.90. The maximum atomic E-state index is 12.0. The summed E-state index contributed by atoms with van der Waals surface area (Å²) < 4.78 is 6.79. The summed E-state index contributed by atoms with van der Waals surface area (Å²) >= 11 is 0. The molecule has 0 atom stereocenters. The molecule has 1 aromatic carbocycles. The molecule has 0 unspecified atom stereocenters. The fraction of sp³-hybridized carbons (Fsp3) is 0.333. The largest absolute Gasteiger partial charge is 0.457 e. The van der Waals surface area contributed by atoms with Crippen LogP contribution in [-0.4, -0.2) is 34.8 Å². The Morgan fingerprint density at radius 1 is 1.43 bits per heavy atom. The van der Waals surface area contributed by atoms with Crippen LogP contribution in [0.1, 0.15) is 21.6 Å². The van der Waals surface area contributed by atoms with Crippen LogP contribution in [0.25, 0.3) is 0 Å². The first kappa shape index (κ1) is 16.5. The van der Waals surface area contributed by atoms with Crippen LogP contribution < -0.4 is 4.90 Å². The third-order valence-corrected chi connectivity index (χ3v) is 3.54. The van der Waals surface area contributed by atoms with Gasteiger partial charge < -0.3 is 9.64 Å². The van der Waals surface area contributed by atoms with Crippen molar-refractivity contribution in [3.8, 4) is 0 Å². The van der Waals surface area contributed by atoms with Gasteiger partial charge in [0.05, 0.1) is 11.1 Å². The van der Waals surface area contributed by atoms with Crippen molar-refractivity contribution >= 4 is 17.3 Å². The van der Waals surface area contributed by atoms with E-state index in [-0.39, 0.29) is 12.3 Å². The summed E-state index contributed by atoms with van der Waals surface area (Å²) in [4.78, 5) is 24.4. The molecule has 0 N–H and O–H groups in total. The molecule has 0 saturated heterocycles. The molecule has 8 nitrogen and oxygen atoms in total. The molecule has 2 aromatic rings. The van der Waals surface area contributed by atoms with Crippen molar-refractivity contribution in [2.24, 2.45) is 7.05 Å². The molecule has 0 saturated carbocycles. The number of hydrogen-bond acceptors (Lipinski definition) is 6. The lowest BCUT2D eigenvalue weighted by molar-refractivity contribution is -0.384. The third-order valence-electron chi connectivity index (χ3n) is 3.54. The van der Waals surface area contributed by atoms with E-state index in [0.717, 1.165) is 0 Å². The van der Waals surface area contributed by atoms with Crippen LogP contribution in [-0.2, 0) is 18.4 Å². The third kappa shape index (κ3) is 3.47. The van der Waals surface area contributed by atoms with Crippen LogP contribution in [0.4, 0.5) is 11.4 Å². The van der Waals surface area contributed by atoms with Gasteiger partial charge in [0, 0.05) is 32.9 Å². The highest BCUT2D eigenvalue weighted by molar-refractivity contribution is 5.90. The number of carbonyl (C=O) groups is 1. The first-order chi connectivity index (χ1) is 10.8. The molecular weight excluding hydrogens is 300 g/mol. The lowest BCUT2D eigenvalue weighted by atomic mass is 10.1. The molecular formula is C15H18N4O4. The highest BCUT2D eigenvalue weighted by Crippen LogP contribution is 2.28. The van der Waals surface area contributed by atoms with Crippen molar-refractivity contribution in [3.05, 3.63) is 51.3 Å². The number of nitro benzene ring substituents is 1. The molecule has 0 aliphatic heterocycles. The van der Waals surface area contributed by atoms with Gasteiger partial charge in [-0.15, -0.1) is 0 Å². The molecule has 2 rings (SSSR count). The number of benzene rings is 1. The average molecular weight is 318 g/mol. The number of aromatic nitrogens is 2. The second-order valence-corrected chi connectivity index (χ2v) is 5.32. The van der Waals surface area contributed by atoms with Crippen molar-refractivity contribution in [1.82, 2.24) is 9.78 Å². The summed E-state index contributed by atoms with van der Waals surface area (Å²) in [5.41, 5.74) is 2.10. The first-order valence-corrected chi connectivity index (χ1v) is 6.91. The molecule has 0 aliphatic carbocycles. The lowest BCUT2D eigenvalue weighted by Crippen LogP contribution is -2.12. The summed E-state index contributed by atoms with van der Waals surface area (Å²) in [6.45, 7) is 1.72. The molecule has 8 heteroatoms. The van der Waals surface area contributed by atoms with E-state index in [4.69, 9.17) is 4.74 Å². The van der Waals surface area contributed by atoms with Crippen molar-refractivity contribution in [3.63, 3.8) is 0 Å². The molecule has 0 bridgehead atoms. The van der Waals surface area contributed by atoms with Crippen molar-refractivity contribution in [1.29, 1.82) is 0 Å². The number of anilines is 1. The van der Waals surface area contributed by atoms with Gasteiger partial charge in [-0.1, -0.05) is 6.07 Å². The Balaban J connectivity index is 2.15. The molecule has 0 spiro atoms. The highest BCUT2D eigenvalue weighted by atomic mass is 16.6. The monoisotopic (exact) mass is 318 g/mol. The van der Waals surface area contributed by atoms with Gasteiger partial charge in [0.1, 0.15) is 17.9 Å². The minimum Gasteiger partial charge on any atom is -0.457 e. The zero-order valence-electron chi connectivity index (χ0n) is 13.4. The van der Waals surface area contributed by atoms with Crippen LogP contribution in [0.3, 0.4) is 0 Å². The quantitative estimate of drug-likeness (QED) is 0.476. The zero-order valence-corrected chi connectivity index (χ0v) is 13.4. The van der Waals surface area contributed by atoms with Crippen molar-refractivity contribution in [2.45, 2.75) is 13.5 Å². The molecule has 1 aromatic heterocycles. The number of rotatable bonds is 5. The van der Waals surface area contributed by atoms with Crippen LogP contribution in [0.2, 0.25) is 0 Å². The molecule has 0 radical (unpaired) electrons. The molecule has 0 fully saturated rings. The van der Waals surface area contributed by atoms with Crippen LogP contribution in [0.5, 0.6) is 0 Å². The fourth-order valence-electron chi connectivity index (χ4n) is 2.11. The van der Waals surface area contributed by atoms with Crippen molar-refractivity contribution < 1.29 is 14.5 Å². The SMILES string of the molecule is Cc1c(C(=O)OCc2ccc(N(C)C)c([N+](=O)[O-])c2)cnn1C. The van der Waals surface area contributed by atoms with E-state index in [1.807, 2.05) is 0 Å². The predicted molar refractivity (Wildman–Crippen MR) is 84.5 cm³/mol. The van der Waals surface area contributed by atoms with Crippen molar-refractivity contribution in [2.75, 3.05) is 19.0 Å². The second kappa shape index (κ2) is 6.47. The Bertz CT molecular complexity index is 752. The van der Waals surface area contributed by atoms with E-state index in [2.05, 4.69) is 5.10 Å².